The number of carbonyl (C=O) groups is 2. The summed E-state index contributed by atoms with van der Waals surface area (Å²) in [5.41, 5.74) is 7.47. The van der Waals surface area contributed by atoms with Gasteiger partial charge in [0.2, 0.25) is 5.91 Å². The lowest BCUT2D eigenvalue weighted by Crippen LogP contribution is -2.35. The fourth-order valence-corrected chi connectivity index (χ4v) is 3.38. The Morgan fingerprint density at radius 3 is 2.14 bits per heavy atom. The Morgan fingerprint density at radius 1 is 0.966 bits per heavy atom. The fourth-order valence-electron chi connectivity index (χ4n) is 3.38. The van der Waals surface area contributed by atoms with Crippen molar-refractivity contribution in [1.29, 1.82) is 0 Å². The summed E-state index contributed by atoms with van der Waals surface area (Å²) >= 11 is 0. The summed E-state index contributed by atoms with van der Waals surface area (Å²) in [6, 6.07) is 8.61. The number of amides is 2. The maximum Gasteiger partial charge on any atom is 0.416 e. The van der Waals surface area contributed by atoms with Gasteiger partial charge < -0.3 is 5.43 Å². The molecule has 1 aliphatic heterocycles. The van der Waals surface area contributed by atoms with E-state index in [1.165, 1.54) is 17.9 Å². The molecule has 3 rings (SSSR count). The zero-order chi connectivity index (χ0) is 21.5. The maximum absolute atomic E-state index is 13.3. The lowest BCUT2D eigenvalue weighted by molar-refractivity contribution is -0.137. The fraction of sp³-hybridized carbons (Fsp3) is 0.238. The quantitative estimate of drug-likeness (QED) is 0.591. The first kappa shape index (κ1) is 20.4. The van der Waals surface area contributed by atoms with Crippen LogP contribution in [0.5, 0.6) is 0 Å². The van der Waals surface area contributed by atoms with E-state index in [4.69, 9.17) is 0 Å². The Balaban J connectivity index is 2.22. The number of fused-ring (bicyclic) bond motifs is 1. The highest BCUT2D eigenvalue weighted by Crippen LogP contribution is 2.45. The number of hydrogen-bond acceptors (Lipinski definition) is 3. The molecule has 0 spiro atoms. The van der Waals surface area contributed by atoms with Gasteiger partial charge in [-0.25, -0.2) is 0 Å². The molecule has 2 N–H and O–H groups in total. The molecule has 0 unspecified atom stereocenters. The van der Waals surface area contributed by atoms with E-state index in [1.807, 2.05) is 19.9 Å². The van der Waals surface area contributed by atoms with Crippen LogP contribution in [0.25, 0.3) is 5.57 Å². The van der Waals surface area contributed by atoms with Crippen molar-refractivity contribution in [3.05, 3.63) is 64.3 Å². The zero-order valence-corrected chi connectivity index (χ0v) is 16.4. The number of carbonyl (C=O) groups excluding carboxylic acids is 2. The van der Waals surface area contributed by atoms with Gasteiger partial charge in [0.05, 0.1) is 16.8 Å². The number of benzene rings is 2. The molecule has 0 saturated carbocycles. The van der Waals surface area contributed by atoms with Crippen molar-refractivity contribution in [2.75, 3.05) is 4.90 Å². The molecular weight excluding hydrogens is 383 g/mol. The van der Waals surface area contributed by atoms with Crippen LogP contribution in [-0.2, 0) is 15.8 Å². The van der Waals surface area contributed by atoms with Gasteiger partial charge in [0, 0.05) is 23.9 Å². The number of alkyl halides is 3. The Hall–Kier alpha value is -3.29. The molecule has 0 saturated heterocycles. The molecule has 8 heteroatoms. The van der Waals surface area contributed by atoms with Crippen molar-refractivity contribution in [3.8, 4) is 0 Å². The molecule has 1 aliphatic rings. The highest BCUT2D eigenvalue weighted by molar-refractivity contribution is 6.35. The van der Waals surface area contributed by atoms with E-state index in [0.717, 1.165) is 23.3 Å². The molecule has 1 heterocycles. The Labute approximate surface area is 166 Å². The number of nitrogens with zero attached hydrogens (tertiary/aromatic N) is 1. The van der Waals surface area contributed by atoms with Gasteiger partial charge in [-0.15, -0.1) is 0 Å². The number of nitrogens with one attached hydrogen (secondary N) is 2. The summed E-state index contributed by atoms with van der Waals surface area (Å²) in [6.45, 7) is 6.58. The summed E-state index contributed by atoms with van der Waals surface area (Å²) < 4.78 is 39.9. The van der Waals surface area contributed by atoms with Gasteiger partial charge >= 0.3 is 6.18 Å². The molecule has 0 aromatic heterocycles. The average molecular weight is 403 g/mol. The van der Waals surface area contributed by atoms with Gasteiger partial charge in [-0.3, -0.25) is 19.9 Å². The minimum atomic E-state index is -4.54. The summed E-state index contributed by atoms with van der Waals surface area (Å²) in [7, 11) is 0. The summed E-state index contributed by atoms with van der Waals surface area (Å²) in [5, 5.41) is 0. The van der Waals surface area contributed by atoms with Crippen LogP contribution < -0.4 is 15.8 Å². The smallest absolute Gasteiger partial charge is 0.302 e. The van der Waals surface area contributed by atoms with Crippen LogP contribution in [-0.4, -0.2) is 11.8 Å². The lowest BCUT2D eigenvalue weighted by Gasteiger charge is -2.20. The SMILES string of the molecule is CC(=O)NN/C(C)=C1\C(=O)N(c2cc(C)cc(C)c2)c2cc(C(F)(F)F)ccc21. The van der Waals surface area contributed by atoms with Gasteiger partial charge in [0.25, 0.3) is 5.91 Å². The largest absolute Gasteiger partial charge is 0.416 e. The van der Waals surface area contributed by atoms with Crippen molar-refractivity contribution in [2.24, 2.45) is 0 Å². The first-order chi connectivity index (χ1) is 13.5. The number of allylic oxidation sites excluding steroid dienone is 1. The van der Waals surface area contributed by atoms with Crippen molar-refractivity contribution in [2.45, 2.75) is 33.9 Å². The Bertz CT molecular complexity index is 1020. The molecule has 0 fully saturated rings. The minimum Gasteiger partial charge on any atom is -0.302 e. The standard InChI is InChI=1S/C21H20F3N3O2/c1-11-7-12(2)9-16(8-11)27-18-10-15(21(22,23)24)5-6-17(18)19(20(27)29)13(3)25-26-14(4)28/h5-10,25H,1-4H3,(H,26,28)/b19-13-. The molecule has 2 amide bonds. The molecule has 2 aromatic rings. The number of hydrazine groups is 1. The number of rotatable bonds is 3. The summed E-state index contributed by atoms with van der Waals surface area (Å²) in [6.07, 6.45) is -4.54. The highest BCUT2D eigenvalue weighted by atomic mass is 19.4. The van der Waals surface area contributed by atoms with Gasteiger partial charge in [-0.05, 0) is 56.2 Å². The third kappa shape index (κ3) is 3.96. The van der Waals surface area contributed by atoms with E-state index in [0.29, 0.717) is 16.9 Å². The first-order valence-electron chi connectivity index (χ1n) is 8.87. The molecule has 2 aromatic carbocycles. The number of halogens is 3. The molecule has 29 heavy (non-hydrogen) atoms. The molecule has 5 nitrogen and oxygen atoms in total. The maximum atomic E-state index is 13.3. The number of hydrogen-bond donors (Lipinski definition) is 2. The third-order valence-electron chi connectivity index (χ3n) is 4.52. The van der Waals surface area contributed by atoms with Crippen LogP contribution in [0.4, 0.5) is 24.5 Å². The second-order valence-electron chi connectivity index (χ2n) is 7.02. The molecule has 0 bridgehead atoms. The zero-order valence-electron chi connectivity index (χ0n) is 16.4. The third-order valence-corrected chi connectivity index (χ3v) is 4.52. The van der Waals surface area contributed by atoms with Crippen LogP contribution in [0, 0.1) is 13.8 Å². The van der Waals surface area contributed by atoms with Crippen LogP contribution in [0.1, 0.15) is 36.1 Å². The summed E-state index contributed by atoms with van der Waals surface area (Å²) in [4.78, 5) is 25.7. The van der Waals surface area contributed by atoms with Gasteiger partial charge in [0.15, 0.2) is 0 Å². The Kier molecular flexibility index (Phi) is 5.13. The molecule has 0 radical (unpaired) electrons. The van der Waals surface area contributed by atoms with Crippen LogP contribution in [0.3, 0.4) is 0 Å². The second-order valence-corrected chi connectivity index (χ2v) is 7.02. The van der Waals surface area contributed by atoms with Gasteiger partial charge in [0.1, 0.15) is 0 Å². The Morgan fingerprint density at radius 2 is 1.59 bits per heavy atom. The van der Waals surface area contributed by atoms with E-state index >= 15 is 0 Å². The van der Waals surface area contributed by atoms with E-state index in [2.05, 4.69) is 10.9 Å². The first-order valence-corrected chi connectivity index (χ1v) is 8.87. The van der Waals surface area contributed by atoms with E-state index in [-0.39, 0.29) is 17.2 Å². The van der Waals surface area contributed by atoms with Crippen molar-refractivity contribution in [3.63, 3.8) is 0 Å². The molecular formula is C21H20F3N3O2. The second kappa shape index (κ2) is 7.27. The van der Waals surface area contributed by atoms with E-state index in [9.17, 15) is 22.8 Å². The average Bonchev–Trinajstić information content (AvgIpc) is 2.89. The predicted molar refractivity (Wildman–Crippen MR) is 104 cm³/mol. The summed E-state index contributed by atoms with van der Waals surface area (Å²) in [5.74, 6) is -0.839. The topological polar surface area (TPSA) is 61.4 Å². The lowest BCUT2D eigenvalue weighted by atomic mass is 10.0. The van der Waals surface area contributed by atoms with Crippen molar-refractivity contribution < 1.29 is 22.8 Å². The molecule has 0 aliphatic carbocycles. The van der Waals surface area contributed by atoms with Gasteiger partial charge in [-0.2, -0.15) is 13.2 Å². The van der Waals surface area contributed by atoms with Crippen LogP contribution in [0.15, 0.2) is 42.1 Å². The van der Waals surface area contributed by atoms with Crippen LogP contribution >= 0.6 is 0 Å². The van der Waals surface area contributed by atoms with Crippen molar-refractivity contribution >= 4 is 28.8 Å². The van der Waals surface area contributed by atoms with E-state index < -0.39 is 17.6 Å². The number of anilines is 2. The normalized spacial score (nSPS) is 15.3. The van der Waals surface area contributed by atoms with Gasteiger partial charge in [-0.1, -0.05) is 12.1 Å². The monoisotopic (exact) mass is 403 g/mol. The minimum absolute atomic E-state index is 0.147. The van der Waals surface area contributed by atoms with E-state index in [1.54, 1.807) is 19.1 Å². The van der Waals surface area contributed by atoms with Crippen LogP contribution in [0.2, 0.25) is 0 Å². The molecule has 152 valence electrons. The predicted octanol–water partition coefficient (Wildman–Crippen LogP) is 4.37. The number of aryl methyl sites for hydroxylation is 2. The van der Waals surface area contributed by atoms with Crippen molar-refractivity contribution in [1.82, 2.24) is 10.9 Å². The highest BCUT2D eigenvalue weighted by Gasteiger charge is 2.39. The molecule has 0 atom stereocenters.